The molecule has 1 N–H and O–H groups in total. The average molecular weight is 257 g/mol. The summed E-state index contributed by atoms with van der Waals surface area (Å²) in [6.07, 6.45) is 0. The molecule has 1 aromatic heterocycles. The highest BCUT2D eigenvalue weighted by Crippen LogP contribution is 2.24. The van der Waals surface area contributed by atoms with Crippen molar-refractivity contribution in [2.24, 2.45) is 0 Å². The minimum Gasteiger partial charge on any atom is -0.316 e. The molecule has 1 heterocycles. The summed E-state index contributed by atoms with van der Waals surface area (Å²) in [5.74, 6) is 0.484. The van der Waals surface area contributed by atoms with Crippen molar-refractivity contribution in [2.75, 3.05) is 13.1 Å². The predicted octanol–water partition coefficient (Wildman–Crippen LogP) is 3.20. The summed E-state index contributed by atoms with van der Waals surface area (Å²) in [5.41, 5.74) is 4.87. The lowest BCUT2D eigenvalue weighted by Crippen LogP contribution is -2.20. The van der Waals surface area contributed by atoms with E-state index >= 15 is 0 Å². The van der Waals surface area contributed by atoms with E-state index in [-0.39, 0.29) is 0 Å². The normalized spacial score (nSPS) is 12.6. The molecule has 0 bridgehead atoms. The highest BCUT2D eigenvalue weighted by atomic mass is 15.3. The Kier molecular flexibility index (Phi) is 4.38. The second-order valence-corrected chi connectivity index (χ2v) is 5.04. The van der Waals surface area contributed by atoms with E-state index in [1.54, 1.807) is 0 Å². The van der Waals surface area contributed by atoms with Crippen LogP contribution >= 0.6 is 0 Å². The maximum absolute atomic E-state index is 4.70. The van der Waals surface area contributed by atoms with Crippen LogP contribution in [0.25, 0.3) is 5.69 Å². The molecule has 19 heavy (non-hydrogen) atoms. The Morgan fingerprint density at radius 3 is 2.53 bits per heavy atom. The first-order valence-electron chi connectivity index (χ1n) is 6.97. The molecular weight excluding hydrogens is 234 g/mol. The Bertz CT molecular complexity index is 528. The van der Waals surface area contributed by atoms with Crippen LogP contribution < -0.4 is 5.32 Å². The largest absolute Gasteiger partial charge is 0.316 e. The summed E-state index contributed by atoms with van der Waals surface area (Å²) in [5, 5.41) is 8.11. The number of aromatic nitrogens is 2. The number of hydrogen-bond acceptors (Lipinski definition) is 2. The SMILES string of the molecule is CCNCC(C)c1c(C)nn(-c2ccccc2)c1C. The van der Waals surface area contributed by atoms with E-state index in [9.17, 15) is 0 Å². The maximum atomic E-state index is 4.70. The fourth-order valence-corrected chi connectivity index (χ4v) is 2.65. The first kappa shape index (κ1) is 13.8. The van der Waals surface area contributed by atoms with Gasteiger partial charge in [0, 0.05) is 17.8 Å². The first-order valence-corrected chi connectivity index (χ1v) is 6.97. The van der Waals surface area contributed by atoms with Gasteiger partial charge in [-0.2, -0.15) is 5.10 Å². The minimum atomic E-state index is 0.484. The van der Waals surface area contributed by atoms with Crippen LogP contribution in [0.15, 0.2) is 30.3 Å². The second kappa shape index (κ2) is 6.02. The molecule has 1 aromatic carbocycles. The summed E-state index contributed by atoms with van der Waals surface area (Å²) >= 11 is 0. The molecule has 0 amide bonds. The summed E-state index contributed by atoms with van der Waals surface area (Å²) in [7, 11) is 0. The van der Waals surface area contributed by atoms with E-state index in [0.717, 1.165) is 24.5 Å². The zero-order chi connectivity index (χ0) is 13.8. The molecule has 0 radical (unpaired) electrons. The Morgan fingerprint density at radius 1 is 1.21 bits per heavy atom. The maximum Gasteiger partial charge on any atom is 0.0648 e. The van der Waals surface area contributed by atoms with E-state index in [2.05, 4.69) is 45.1 Å². The fraction of sp³-hybridized carbons (Fsp3) is 0.438. The molecule has 102 valence electrons. The molecule has 0 aliphatic rings. The van der Waals surface area contributed by atoms with Crippen LogP contribution in [0.1, 0.15) is 36.7 Å². The van der Waals surface area contributed by atoms with Crippen molar-refractivity contribution >= 4 is 0 Å². The molecule has 3 nitrogen and oxygen atoms in total. The van der Waals surface area contributed by atoms with Gasteiger partial charge in [0.2, 0.25) is 0 Å². The zero-order valence-electron chi connectivity index (χ0n) is 12.3. The summed E-state index contributed by atoms with van der Waals surface area (Å²) in [6.45, 7) is 10.7. The number of hydrogen-bond donors (Lipinski definition) is 1. The smallest absolute Gasteiger partial charge is 0.0648 e. The van der Waals surface area contributed by atoms with Crippen LogP contribution in [-0.4, -0.2) is 22.9 Å². The van der Waals surface area contributed by atoms with Gasteiger partial charge in [0.15, 0.2) is 0 Å². The number of rotatable bonds is 5. The van der Waals surface area contributed by atoms with Crippen molar-refractivity contribution in [3.63, 3.8) is 0 Å². The van der Waals surface area contributed by atoms with Gasteiger partial charge in [0.05, 0.1) is 11.4 Å². The Hall–Kier alpha value is -1.61. The number of nitrogens with zero attached hydrogens (tertiary/aromatic N) is 2. The highest BCUT2D eigenvalue weighted by molar-refractivity contribution is 5.38. The molecule has 1 unspecified atom stereocenters. The molecule has 0 spiro atoms. The quantitative estimate of drug-likeness (QED) is 0.891. The predicted molar refractivity (Wildman–Crippen MR) is 80.0 cm³/mol. The van der Waals surface area contributed by atoms with Gasteiger partial charge < -0.3 is 5.32 Å². The van der Waals surface area contributed by atoms with Crippen LogP contribution in [0.3, 0.4) is 0 Å². The lowest BCUT2D eigenvalue weighted by Gasteiger charge is -2.13. The molecule has 0 aliphatic heterocycles. The van der Waals surface area contributed by atoms with Crippen LogP contribution in [-0.2, 0) is 0 Å². The van der Waals surface area contributed by atoms with Gasteiger partial charge in [-0.1, -0.05) is 32.0 Å². The van der Waals surface area contributed by atoms with Gasteiger partial charge in [-0.15, -0.1) is 0 Å². The molecule has 0 saturated heterocycles. The van der Waals surface area contributed by atoms with Crippen molar-refractivity contribution in [2.45, 2.75) is 33.6 Å². The van der Waals surface area contributed by atoms with Crippen LogP contribution in [0, 0.1) is 13.8 Å². The Labute approximate surface area is 115 Å². The van der Waals surface area contributed by atoms with Crippen molar-refractivity contribution in [1.29, 1.82) is 0 Å². The standard InChI is InChI=1S/C16H23N3/c1-5-17-11-12(2)16-13(3)18-19(14(16)4)15-9-7-6-8-10-15/h6-10,12,17H,5,11H2,1-4H3. The number of nitrogens with one attached hydrogen (secondary N) is 1. The first-order chi connectivity index (χ1) is 9.15. The molecule has 2 rings (SSSR count). The van der Waals surface area contributed by atoms with Crippen molar-refractivity contribution in [3.05, 3.63) is 47.3 Å². The Morgan fingerprint density at radius 2 is 1.89 bits per heavy atom. The number of aryl methyl sites for hydroxylation is 1. The van der Waals surface area contributed by atoms with Crippen LogP contribution in [0.4, 0.5) is 0 Å². The molecule has 0 aliphatic carbocycles. The summed E-state index contributed by atoms with van der Waals surface area (Å²) in [4.78, 5) is 0. The van der Waals surface area contributed by atoms with E-state index in [1.165, 1.54) is 11.3 Å². The van der Waals surface area contributed by atoms with E-state index in [4.69, 9.17) is 5.10 Å². The lowest BCUT2D eigenvalue weighted by molar-refractivity contribution is 0.630. The monoisotopic (exact) mass is 257 g/mol. The van der Waals surface area contributed by atoms with Crippen molar-refractivity contribution in [3.8, 4) is 5.69 Å². The number of para-hydroxylation sites is 1. The molecule has 3 heteroatoms. The highest BCUT2D eigenvalue weighted by Gasteiger charge is 2.17. The topological polar surface area (TPSA) is 29.9 Å². The van der Waals surface area contributed by atoms with E-state index in [0.29, 0.717) is 5.92 Å². The third-order valence-electron chi connectivity index (χ3n) is 3.54. The van der Waals surface area contributed by atoms with Gasteiger partial charge >= 0.3 is 0 Å². The number of benzene rings is 1. The Balaban J connectivity index is 2.35. The van der Waals surface area contributed by atoms with Gasteiger partial charge in [-0.25, -0.2) is 4.68 Å². The summed E-state index contributed by atoms with van der Waals surface area (Å²) < 4.78 is 2.05. The van der Waals surface area contributed by atoms with Gasteiger partial charge in [0.25, 0.3) is 0 Å². The van der Waals surface area contributed by atoms with Gasteiger partial charge in [0.1, 0.15) is 0 Å². The van der Waals surface area contributed by atoms with Gasteiger partial charge in [-0.3, -0.25) is 0 Å². The fourth-order valence-electron chi connectivity index (χ4n) is 2.65. The van der Waals surface area contributed by atoms with Crippen molar-refractivity contribution < 1.29 is 0 Å². The van der Waals surface area contributed by atoms with Crippen LogP contribution in [0.5, 0.6) is 0 Å². The molecule has 1 atom stereocenters. The van der Waals surface area contributed by atoms with Crippen LogP contribution in [0.2, 0.25) is 0 Å². The molecule has 0 fully saturated rings. The minimum absolute atomic E-state index is 0.484. The third-order valence-corrected chi connectivity index (χ3v) is 3.54. The molecular formula is C16H23N3. The average Bonchev–Trinajstić information content (AvgIpc) is 2.72. The third kappa shape index (κ3) is 2.87. The second-order valence-electron chi connectivity index (χ2n) is 5.04. The lowest BCUT2D eigenvalue weighted by atomic mass is 9.99. The number of likely N-dealkylation sites (N-methyl/N-ethyl adjacent to an activating group) is 1. The zero-order valence-corrected chi connectivity index (χ0v) is 12.3. The molecule has 2 aromatic rings. The van der Waals surface area contributed by atoms with Crippen molar-refractivity contribution in [1.82, 2.24) is 15.1 Å². The molecule has 0 saturated carbocycles. The van der Waals surface area contributed by atoms with E-state index < -0.39 is 0 Å². The van der Waals surface area contributed by atoms with E-state index in [1.807, 2.05) is 22.9 Å². The van der Waals surface area contributed by atoms with Gasteiger partial charge in [-0.05, 0) is 38.4 Å². The summed E-state index contributed by atoms with van der Waals surface area (Å²) in [6, 6.07) is 10.3.